The Balaban J connectivity index is 1.79. The first-order valence-electron chi connectivity index (χ1n) is 9.96. The Hall–Kier alpha value is -3.93. The van der Waals surface area contributed by atoms with Crippen molar-refractivity contribution < 1.29 is 14.3 Å². The number of imide groups is 1. The molecule has 2 aromatic carbocycles. The Kier molecular flexibility index (Phi) is 5.54. The summed E-state index contributed by atoms with van der Waals surface area (Å²) in [5, 5.41) is 3.20. The SMILES string of the molecule is COc1ccccc1C1=C(Nc2ccc(C)c(C)c2)C(=O)N(Cc2ccncc2)C1=O. The first-order valence-corrected chi connectivity index (χ1v) is 9.96. The molecule has 1 N–H and O–H groups in total. The van der Waals surface area contributed by atoms with Gasteiger partial charge in [0.2, 0.25) is 0 Å². The van der Waals surface area contributed by atoms with Gasteiger partial charge in [-0.1, -0.05) is 24.3 Å². The maximum atomic E-state index is 13.4. The van der Waals surface area contributed by atoms with E-state index in [1.165, 1.54) is 4.90 Å². The van der Waals surface area contributed by atoms with Crippen molar-refractivity contribution in [3.8, 4) is 5.75 Å². The van der Waals surface area contributed by atoms with Crippen LogP contribution < -0.4 is 10.1 Å². The zero-order chi connectivity index (χ0) is 22.0. The lowest BCUT2D eigenvalue weighted by Crippen LogP contribution is -2.32. The molecule has 6 nitrogen and oxygen atoms in total. The minimum atomic E-state index is -0.374. The van der Waals surface area contributed by atoms with Crippen LogP contribution >= 0.6 is 0 Å². The normalized spacial score (nSPS) is 13.7. The lowest BCUT2D eigenvalue weighted by Gasteiger charge is -2.15. The van der Waals surface area contributed by atoms with Crippen LogP contribution in [0.25, 0.3) is 5.57 Å². The van der Waals surface area contributed by atoms with Gasteiger partial charge in [-0.05, 0) is 60.9 Å². The second-order valence-corrected chi connectivity index (χ2v) is 7.43. The summed E-state index contributed by atoms with van der Waals surface area (Å²) in [6, 6.07) is 16.6. The quantitative estimate of drug-likeness (QED) is 0.616. The molecule has 0 bridgehead atoms. The van der Waals surface area contributed by atoms with Gasteiger partial charge in [0, 0.05) is 23.6 Å². The molecule has 0 saturated heterocycles. The highest BCUT2D eigenvalue weighted by Crippen LogP contribution is 2.36. The fourth-order valence-electron chi connectivity index (χ4n) is 3.57. The molecule has 6 heteroatoms. The van der Waals surface area contributed by atoms with Gasteiger partial charge in [-0.3, -0.25) is 19.5 Å². The van der Waals surface area contributed by atoms with Gasteiger partial charge in [-0.15, -0.1) is 0 Å². The summed E-state index contributed by atoms with van der Waals surface area (Å²) in [7, 11) is 1.55. The van der Waals surface area contributed by atoms with E-state index in [1.807, 2.05) is 44.2 Å². The van der Waals surface area contributed by atoms with Crippen LogP contribution in [0.3, 0.4) is 0 Å². The summed E-state index contributed by atoms with van der Waals surface area (Å²) in [5.74, 6) is -0.206. The van der Waals surface area contributed by atoms with Crippen molar-refractivity contribution in [3.05, 3.63) is 94.9 Å². The van der Waals surface area contributed by atoms with Crippen molar-refractivity contribution in [3.63, 3.8) is 0 Å². The summed E-state index contributed by atoms with van der Waals surface area (Å²) < 4.78 is 5.48. The first-order chi connectivity index (χ1) is 15.0. The highest BCUT2D eigenvalue weighted by Gasteiger charge is 2.40. The van der Waals surface area contributed by atoms with Crippen LogP contribution in [-0.2, 0) is 16.1 Å². The number of aryl methyl sites for hydroxylation is 2. The molecule has 0 saturated carbocycles. The maximum Gasteiger partial charge on any atom is 0.278 e. The number of nitrogens with zero attached hydrogens (tertiary/aromatic N) is 2. The number of hydrogen-bond donors (Lipinski definition) is 1. The summed E-state index contributed by atoms with van der Waals surface area (Å²) in [6.07, 6.45) is 3.28. The van der Waals surface area contributed by atoms with Gasteiger partial charge in [-0.2, -0.15) is 0 Å². The molecular weight excluding hydrogens is 390 g/mol. The van der Waals surface area contributed by atoms with E-state index in [-0.39, 0.29) is 24.1 Å². The molecule has 0 unspecified atom stereocenters. The monoisotopic (exact) mass is 413 g/mol. The Bertz CT molecular complexity index is 1190. The number of carbonyl (C=O) groups excluding carboxylic acids is 2. The molecular formula is C25H23N3O3. The molecule has 2 heterocycles. The number of ether oxygens (including phenoxy) is 1. The molecule has 0 aliphatic carbocycles. The molecule has 31 heavy (non-hydrogen) atoms. The lowest BCUT2D eigenvalue weighted by atomic mass is 10.0. The fourth-order valence-corrected chi connectivity index (χ4v) is 3.57. The van der Waals surface area contributed by atoms with Crippen molar-refractivity contribution in [2.75, 3.05) is 12.4 Å². The Morgan fingerprint density at radius 3 is 2.39 bits per heavy atom. The average molecular weight is 413 g/mol. The number of aromatic nitrogens is 1. The molecule has 1 aromatic heterocycles. The largest absolute Gasteiger partial charge is 0.496 e. The summed E-state index contributed by atoms with van der Waals surface area (Å²) >= 11 is 0. The van der Waals surface area contributed by atoms with Crippen LogP contribution in [0.1, 0.15) is 22.3 Å². The lowest BCUT2D eigenvalue weighted by molar-refractivity contribution is -0.137. The third kappa shape index (κ3) is 3.92. The van der Waals surface area contributed by atoms with E-state index in [2.05, 4.69) is 10.3 Å². The Morgan fingerprint density at radius 2 is 1.68 bits per heavy atom. The molecule has 156 valence electrons. The third-order valence-corrected chi connectivity index (χ3v) is 5.41. The van der Waals surface area contributed by atoms with Gasteiger partial charge >= 0.3 is 0 Å². The van der Waals surface area contributed by atoms with Crippen molar-refractivity contribution in [1.29, 1.82) is 0 Å². The zero-order valence-corrected chi connectivity index (χ0v) is 17.7. The molecule has 1 aliphatic rings. The predicted octanol–water partition coefficient (Wildman–Crippen LogP) is 4.10. The van der Waals surface area contributed by atoms with E-state index < -0.39 is 0 Å². The van der Waals surface area contributed by atoms with E-state index in [0.717, 1.165) is 22.4 Å². The summed E-state index contributed by atoms with van der Waals surface area (Å²) in [5.41, 5.74) is 4.93. The molecule has 4 rings (SSSR count). The number of benzene rings is 2. The van der Waals surface area contributed by atoms with E-state index >= 15 is 0 Å². The molecule has 0 fully saturated rings. The smallest absolute Gasteiger partial charge is 0.278 e. The van der Waals surface area contributed by atoms with Crippen LogP contribution in [0.2, 0.25) is 0 Å². The molecule has 3 aromatic rings. The van der Waals surface area contributed by atoms with Gasteiger partial charge < -0.3 is 10.1 Å². The van der Waals surface area contributed by atoms with Crippen LogP contribution in [0.4, 0.5) is 5.69 Å². The van der Waals surface area contributed by atoms with Crippen LogP contribution in [0.5, 0.6) is 5.75 Å². The van der Waals surface area contributed by atoms with Gasteiger partial charge in [0.15, 0.2) is 0 Å². The number of para-hydroxylation sites is 1. The van der Waals surface area contributed by atoms with E-state index in [0.29, 0.717) is 16.9 Å². The summed E-state index contributed by atoms with van der Waals surface area (Å²) in [4.78, 5) is 32.1. The number of hydrogen-bond acceptors (Lipinski definition) is 5. The number of pyridine rings is 1. The fraction of sp³-hybridized carbons (Fsp3) is 0.160. The standard InChI is InChI=1S/C25H23N3O3/c1-16-8-9-19(14-17(16)2)27-23-22(20-6-4-5-7-21(20)31-3)24(29)28(25(23)30)15-18-10-12-26-13-11-18/h4-14,27H,15H2,1-3H3. The van der Waals surface area contributed by atoms with E-state index in [9.17, 15) is 9.59 Å². The molecule has 0 spiro atoms. The van der Waals surface area contributed by atoms with Gasteiger partial charge in [-0.25, -0.2) is 0 Å². The van der Waals surface area contributed by atoms with Gasteiger partial charge in [0.25, 0.3) is 11.8 Å². The maximum absolute atomic E-state index is 13.4. The van der Waals surface area contributed by atoms with Crippen molar-refractivity contribution in [2.45, 2.75) is 20.4 Å². The average Bonchev–Trinajstić information content (AvgIpc) is 3.01. The number of methoxy groups -OCH3 is 1. The highest BCUT2D eigenvalue weighted by atomic mass is 16.5. The third-order valence-electron chi connectivity index (χ3n) is 5.41. The predicted molar refractivity (Wildman–Crippen MR) is 119 cm³/mol. The molecule has 0 atom stereocenters. The molecule has 2 amide bonds. The number of anilines is 1. The van der Waals surface area contributed by atoms with Crippen molar-refractivity contribution in [1.82, 2.24) is 9.88 Å². The van der Waals surface area contributed by atoms with Gasteiger partial charge in [0.05, 0.1) is 19.2 Å². The van der Waals surface area contributed by atoms with Crippen molar-refractivity contribution >= 4 is 23.1 Å². The van der Waals surface area contributed by atoms with Crippen molar-refractivity contribution in [2.24, 2.45) is 0 Å². The minimum absolute atomic E-state index is 0.164. The minimum Gasteiger partial charge on any atom is -0.496 e. The summed E-state index contributed by atoms with van der Waals surface area (Å²) in [6.45, 7) is 4.20. The van der Waals surface area contributed by atoms with Crippen LogP contribution in [0, 0.1) is 13.8 Å². The zero-order valence-electron chi connectivity index (χ0n) is 17.7. The van der Waals surface area contributed by atoms with E-state index in [1.54, 1.807) is 43.8 Å². The second-order valence-electron chi connectivity index (χ2n) is 7.43. The van der Waals surface area contributed by atoms with E-state index in [4.69, 9.17) is 4.74 Å². The Morgan fingerprint density at radius 1 is 0.935 bits per heavy atom. The Labute approximate surface area is 181 Å². The van der Waals surface area contributed by atoms with Crippen LogP contribution in [0.15, 0.2) is 72.7 Å². The first kappa shape index (κ1) is 20.3. The van der Waals surface area contributed by atoms with Gasteiger partial charge in [0.1, 0.15) is 11.4 Å². The number of carbonyl (C=O) groups is 2. The number of nitrogens with one attached hydrogen (secondary N) is 1. The second kappa shape index (κ2) is 8.44. The topological polar surface area (TPSA) is 71.5 Å². The highest BCUT2D eigenvalue weighted by molar-refractivity contribution is 6.36. The number of rotatable bonds is 6. The molecule has 0 radical (unpaired) electrons. The van der Waals surface area contributed by atoms with Crippen LogP contribution in [-0.4, -0.2) is 28.8 Å². The molecule has 1 aliphatic heterocycles. The number of amides is 2.